The summed E-state index contributed by atoms with van der Waals surface area (Å²) in [5.41, 5.74) is 0. The molecule has 1 heterocycles. The van der Waals surface area contributed by atoms with Gasteiger partial charge in [0.15, 0.2) is 0 Å². The number of rotatable bonds is 3. The van der Waals surface area contributed by atoms with E-state index >= 15 is 0 Å². The molecule has 1 aliphatic rings. The number of carbonyl (C=O) groups excluding carboxylic acids is 1. The lowest BCUT2D eigenvalue weighted by Gasteiger charge is -2.20. The highest BCUT2D eigenvalue weighted by Crippen LogP contribution is 2.16. The molecule has 0 radical (unpaired) electrons. The number of Topliss-reactive ketones (excluding diaryl/α,β-unsaturated/α-hetero) is 1. The standard InChI is InChI=1S/C8H14O2S/c1-11-6-8(9)7-2-4-10-5-3-7/h7H,2-6H2,1H3. The van der Waals surface area contributed by atoms with Crippen LogP contribution in [0, 0.1) is 5.92 Å². The lowest BCUT2D eigenvalue weighted by atomic mass is 9.96. The molecule has 0 amide bonds. The Balaban J connectivity index is 2.27. The molecule has 0 aromatic heterocycles. The summed E-state index contributed by atoms with van der Waals surface area (Å²) in [5, 5.41) is 0. The van der Waals surface area contributed by atoms with Crippen molar-refractivity contribution in [3.63, 3.8) is 0 Å². The van der Waals surface area contributed by atoms with Gasteiger partial charge >= 0.3 is 0 Å². The van der Waals surface area contributed by atoms with E-state index < -0.39 is 0 Å². The van der Waals surface area contributed by atoms with Crippen LogP contribution in [-0.4, -0.2) is 31.0 Å². The molecule has 0 atom stereocenters. The van der Waals surface area contributed by atoms with Gasteiger partial charge in [0.25, 0.3) is 0 Å². The van der Waals surface area contributed by atoms with E-state index in [1.807, 2.05) is 6.26 Å². The molecule has 0 bridgehead atoms. The summed E-state index contributed by atoms with van der Waals surface area (Å²) >= 11 is 1.61. The number of ketones is 1. The van der Waals surface area contributed by atoms with Gasteiger partial charge in [0.1, 0.15) is 5.78 Å². The molecule has 1 fully saturated rings. The van der Waals surface area contributed by atoms with Gasteiger partial charge in [-0.15, -0.1) is 0 Å². The predicted octanol–water partition coefficient (Wildman–Crippen LogP) is 1.35. The topological polar surface area (TPSA) is 26.3 Å². The Kier molecular flexibility index (Phi) is 3.94. The highest BCUT2D eigenvalue weighted by molar-refractivity contribution is 7.99. The third kappa shape index (κ3) is 2.83. The molecule has 0 aromatic carbocycles. The molecule has 0 unspecified atom stereocenters. The molecular formula is C8H14O2S. The number of ether oxygens (including phenoxy) is 1. The second kappa shape index (κ2) is 4.78. The van der Waals surface area contributed by atoms with Gasteiger partial charge in [0.2, 0.25) is 0 Å². The molecule has 11 heavy (non-hydrogen) atoms. The third-order valence-electron chi connectivity index (χ3n) is 1.96. The van der Waals surface area contributed by atoms with Crippen LogP contribution in [-0.2, 0) is 9.53 Å². The normalized spacial score (nSPS) is 20.1. The van der Waals surface area contributed by atoms with Crippen molar-refractivity contribution in [2.75, 3.05) is 25.2 Å². The summed E-state index contributed by atoms with van der Waals surface area (Å²) in [4.78, 5) is 11.3. The summed E-state index contributed by atoms with van der Waals surface area (Å²) in [5.74, 6) is 1.36. The minimum absolute atomic E-state index is 0.288. The van der Waals surface area contributed by atoms with Crippen molar-refractivity contribution in [3.8, 4) is 0 Å². The van der Waals surface area contributed by atoms with E-state index in [-0.39, 0.29) is 5.92 Å². The van der Waals surface area contributed by atoms with Crippen molar-refractivity contribution in [2.45, 2.75) is 12.8 Å². The van der Waals surface area contributed by atoms with E-state index in [0.29, 0.717) is 11.5 Å². The predicted molar refractivity (Wildman–Crippen MR) is 46.9 cm³/mol. The smallest absolute Gasteiger partial charge is 0.145 e. The van der Waals surface area contributed by atoms with Crippen LogP contribution in [0.1, 0.15) is 12.8 Å². The Hall–Kier alpha value is -0.0200. The first-order valence-corrected chi connectivity index (χ1v) is 5.33. The first-order chi connectivity index (χ1) is 5.34. The van der Waals surface area contributed by atoms with E-state index in [2.05, 4.69) is 0 Å². The first-order valence-electron chi connectivity index (χ1n) is 3.94. The molecule has 2 nitrogen and oxygen atoms in total. The third-order valence-corrected chi connectivity index (χ3v) is 2.54. The van der Waals surface area contributed by atoms with E-state index in [4.69, 9.17) is 4.74 Å². The van der Waals surface area contributed by atoms with Crippen LogP contribution in [0.15, 0.2) is 0 Å². The molecule has 1 saturated heterocycles. The second-order valence-electron chi connectivity index (χ2n) is 2.79. The monoisotopic (exact) mass is 174 g/mol. The van der Waals surface area contributed by atoms with Gasteiger partial charge in [-0.2, -0.15) is 11.8 Å². The average molecular weight is 174 g/mol. The Bertz CT molecular complexity index is 130. The number of carbonyl (C=O) groups is 1. The van der Waals surface area contributed by atoms with Crippen LogP contribution in [0.4, 0.5) is 0 Å². The molecule has 1 aliphatic heterocycles. The van der Waals surface area contributed by atoms with E-state index in [9.17, 15) is 4.79 Å². The van der Waals surface area contributed by atoms with Gasteiger partial charge in [0.05, 0.1) is 5.75 Å². The van der Waals surface area contributed by atoms with E-state index in [1.165, 1.54) is 0 Å². The molecule has 0 N–H and O–H groups in total. The Morgan fingerprint density at radius 1 is 1.55 bits per heavy atom. The van der Waals surface area contributed by atoms with Gasteiger partial charge in [-0.05, 0) is 19.1 Å². The lowest BCUT2D eigenvalue weighted by Crippen LogP contribution is -2.24. The number of hydrogen-bond acceptors (Lipinski definition) is 3. The number of thioether (sulfide) groups is 1. The van der Waals surface area contributed by atoms with Crippen LogP contribution in [0.2, 0.25) is 0 Å². The highest BCUT2D eigenvalue weighted by Gasteiger charge is 2.20. The molecule has 0 aliphatic carbocycles. The van der Waals surface area contributed by atoms with Crippen LogP contribution in [0.25, 0.3) is 0 Å². The van der Waals surface area contributed by atoms with Crippen LogP contribution < -0.4 is 0 Å². The second-order valence-corrected chi connectivity index (χ2v) is 3.65. The molecule has 64 valence electrons. The highest BCUT2D eigenvalue weighted by atomic mass is 32.2. The average Bonchev–Trinajstić information content (AvgIpc) is 2.07. The van der Waals surface area contributed by atoms with Crippen molar-refractivity contribution in [1.82, 2.24) is 0 Å². The zero-order valence-electron chi connectivity index (χ0n) is 6.84. The molecule has 3 heteroatoms. The maximum absolute atomic E-state index is 11.3. The SMILES string of the molecule is CSCC(=O)C1CCOCC1. The molecular weight excluding hydrogens is 160 g/mol. The zero-order chi connectivity index (χ0) is 8.10. The van der Waals surface area contributed by atoms with Crippen molar-refractivity contribution < 1.29 is 9.53 Å². The fourth-order valence-corrected chi connectivity index (χ4v) is 1.80. The van der Waals surface area contributed by atoms with Crippen molar-refractivity contribution in [3.05, 3.63) is 0 Å². The van der Waals surface area contributed by atoms with Gasteiger partial charge in [-0.25, -0.2) is 0 Å². The maximum Gasteiger partial charge on any atom is 0.145 e. The van der Waals surface area contributed by atoms with Gasteiger partial charge in [-0.3, -0.25) is 4.79 Å². The molecule has 1 rings (SSSR count). The Morgan fingerprint density at radius 2 is 2.18 bits per heavy atom. The van der Waals surface area contributed by atoms with Crippen molar-refractivity contribution in [1.29, 1.82) is 0 Å². The molecule has 0 saturated carbocycles. The van der Waals surface area contributed by atoms with Crippen molar-refractivity contribution in [2.24, 2.45) is 5.92 Å². The van der Waals surface area contributed by atoms with E-state index in [0.717, 1.165) is 26.1 Å². The van der Waals surface area contributed by atoms with Crippen LogP contribution in [0.5, 0.6) is 0 Å². The summed E-state index contributed by atoms with van der Waals surface area (Å²) < 4.78 is 5.17. The summed E-state index contributed by atoms with van der Waals surface area (Å²) in [6, 6.07) is 0. The summed E-state index contributed by atoms with van der Waals surface area (Å²) in [6.07, 6.45) is 3.83. The lowest BCUT2D eigenvalue weighted by molar-refractivity contribution is -0.123. The summed E-state index contributed by atoms with van der Waals surface area (Å²) in [7, 11) is 0. The van der Waals surface area contributed by atoms with E-state index in [1.54, 1.807) is 11.8 Å². The minimum Gasteiger partial charge on any atom is -0.381 e. The van der Waals surface area contributed by atoms with Gasteiger partial charge < -0.3 is 4.74 Å². The molecule has 0 spiro atoms. The largest absolute Gasteiger partial charge is 0.381 e. The first kappa shape index (κ1) is 9.07. The summed E-state index contributed by atoms with van der Waals surface area (Å²) in [6.45, 7) is 1.54. The molecule has 0 aromatic rings. The minimum atomic E-state index is 0.288. The van der Waals surface area contributed by atoms with Crippen LogP contribution >= 0.6 is 11.8 Å². The maximum atomic E-state index is 11.3. The fraction of sp³-hybridized carbons (Fsp3) is 0.875. The number of hydrogen-bond donors (Lipinski definition) is 0. The van der Waals surface area contributed by atoms with Gasteiger partial charge in [0, 0.05) is 19.1 Å². The van der Waals surface area contributed by atoms with Gasteiger partial charge in [-0.1, -0.05) is 0 Å². The van der Waals surface area contributed by atoms with Crippen molar-refractivity contribution >= 4 is 17.5 Å². The quantitative estimate of drug-likeness (QED) is 0.646. The fourth-order valence-electron chi connectivity index (χ4n) is 1.28. The zero-order valence-corrected chi connectivity index (χ0v) is 7.65. The Labute approximate surface area is 71.7 Å². The Morgan fingerprint density at radius 3 is 2.73 bits per heavy atom. The van der Waals surface area contributed by atoms with Crippen LogP contribution in [0.3, 0.4) is 0 Å².